The van der Waals surface area contributed by atoms with Crippen molar-refractivity contribution in [3.8, 4) is 0 Å². The van der Waals surface area contributed by atoms with Crippen molar-refractivity contribution in [2.24, 2.45) is 0 Å². The van der Waals surface area contributed by atoms with Crippen LogP contribution in [0, 0.1) is 5.82 Å². The molecule has 1 saturated heterocycles. The lowest BCUT2D eigenvalue weighted by atomic mass is 10.1. The van der Waals surface area contributed by atoms with Gasteiger partial charge in [-0.3, -0.25) is 0 Å². The number of fused-ring (bicyclic) bond motifs is 1. The van der Waals surface area contributed by atoms with Crippen molar-refractivity contribution in [3.63, 3.8) is 0 Å². The fraction of sp³-hybridized carbons (Fsp3) is 0.333. The van der Waals surface area contributed by atoms with Gasteiger partial charge in [-0.25, -0.2) is 23.7 Å². The van der Waals surface area contributed by atoms with E-state index in [4.69, 9.17) is 16.3 Å². The van der Waals surface area contributed by atoms with Crippen LogP contribution in [0.5, 0.6) is 0 Å². The van der Waals surface area contributed by atoms with E-state index in [1.165, 1.54) is 16.8 Å². The van der Waals surface area contributed by atoms with Crippen LogP contribution in [0.4, 0.5) is 10.2 Å². The summed E-state index contributed by atoms with van der Waals surface area (Å²) in [6, 6.07) is 3.10. The van der Waals surface area contributed by atoms with Gasteiger partial charge < -0.3 is 9.64 Å². The highest BCUT2D eigenvalue weighted by Gasteiger charge is 2.30. The molecule has 4 heterocycles. The van der Waals surface area contributed by atoms with Gasteiger partial charge in [-0.15, -0.1) is 0 Å². The summed E-state index contributed by atoms with van der Waals surface area (Å²) in [5.41, 5.74) is 1.36. The topological polar surface area (TPSA) is 72.6 Å². The summed E-state index contributed by atoms with van der Waals surface area (Å²) in [6.07, 6.45) is 6.00. The Morgan fingerprint density at radius 2 is 2.30 bits per heavy atom. The van der Waals surface area contributed by atoms with E-state index in [0.29, 0.717) is 22.6 Å². The minimum Gasteiger partial charge on any atom is -0.462 e. The van der Waals surface area contributed by atoms with Crippen LogP contribution >= 0.6 is 11.6 Å². The number of hydrogen-bond acceptors (Lipinski definition) is 6. The second kappa shape index (κ2) is 7.11. The average molecular weight is 390 g/mol. The Labute approximate surface area is 159 Å². The number of esters is 1. The molecule has 0 saturated carbocycles. The molecule has 3 aromatic heterocycles. The Morgan fingerprint density at radius 3 is 3.11 bits per heavy atom. The zero-order valence-electron chi connectivity index (χ0n) is 14.6. The molecule has 0 spiro atoms. The van der Waals surface area contributed by atoms with E-state index in [0.717, 1.165) is 25.6 Å². The highest BCUT2D eigenvalue weighted by molar-refractivity contribution is 6.30. The Hall–Kier alpha value is -2.74. The largest absolute Gasteiger partial charge is 0.462 e. The van der Waals surface area contributed by atoms with Crippen molar-refractivity contribution in [2.75, 3.05) is 18.1 Å². The van der Waals surface area contributed by atoms with E-state index in [9.17, 15) is 9.18 Å². The van der Waals surface area contributed by atoms with Gasteiger partial charge in [0.2, 0.25) is 0 Å². The first kappa shape index (κ1) is 17.7. The van der Waals surface area contributed by atoms with Gasteiger partial charge in [-0.1, -0.05) is 11.6 Å². The van der Waals surface area contributed by atoms with Crippen molar-refractivity contribution in [1.29, 1.82) is 0 Å². The first-order chi connectivity index (χ1) is 13.1. The predicted octanol–water partition coefficient (Wildman–Crippen LogP) is 3.44. The third-order valence-corrected chi connectivity index (χ3v) is 4.90. The molecule has 1 unspecified atom stereocenters. The number of hydrogen-bond donors (Lipinski definition) is 0. The second-order valence-electron chi connectivity index (χ2n) is 6.22. The summed E-state index contributed by atoms with van der Waals surface area (Å²) in [6.45, 7) is 2.76. The van der Waals surface area contributed by atoms with Crippen molar-refractivity contribution in [3.05, 3.63) is 52.8 Å². The third-order valence-electron chi connectivity index (χ3n) is 4.59. The van der Waals surface area contributed by atoms with Crippen LogP contribution in [0.3, 0.4) is 0 Å². The van der Waals surface area contributed by atoms with Gasteiger partial charge in [0.25, 0.3) is 0 Å². The Bertz CT molecular complexity index is 1010. The molecule has 1 aliphatic rings. The van der Waals surface area contributed by atoms with Crippen molar-refractivity contribution in [2.45, 2.75) is 25.8 Å². The highest BCUT2D eigenvalue weighted by Crippen LogP contribution is 2.38. The molecule has 0 aliphatic carbocycles. The second-order valence-corrected chi connectivity index (χ2v) is 6.58. The minimum absolute atomic E-state index is 0.135. The standard InChI is InChI=1S/C18H17ClFN5O2/c1-2-27-18(26)13-10-22-25-7-5-15(23-17(13)25)24-6-3-4-14(24)12-8-11(20)9-21-16(12)19/h5,7-10,14H,2-4,6H2,1H3. The molecular formula is C18H17ClFN5O2. The van der Waals surface area contributed by atoms with E-state index >= 15 is 0 Å². The van der Waals surface area contributed by atoms with E-state index in [2.05, 4.69) is 15.1 Å². The number of rotatable bonds is 4. The minimum atomic E-state index is -0.465. The molecule has 1 fully saturated rings. The number of nitrogens with zero attached hydrogens (tertiary/aromatic N) is 5. The summed E-state index contributed by atoms with van der Waals surface area (Å²) < 4.78 is 20.3. The molecule has 0 amide bonds. The normalized spacial score (nSPS) is 16.9. The van der Waals surface area contributed by atoms with Crippen LogP contribution in [0.25, 0.3) is 5.65 Å². The van der Waals surface area contributed by atoms with Gasteiger partial charge in [0.15, 0.2) is 5.65 Å². The maximum Gasteiger partial charge on any atom is 0.343 e. The zero-order chi connectivity index (χ0) is 19.0. The number of carbonyl (C=O) groups is 1. The Balaban J connectivity index is 1.73. The molecule has 140 valence electrons. The van der Waals surface area contributed by atoms with Crippen LogP contribution in [0.15, 0.2) is 30.7 Å². The molecule has 0 aromatic carbocycles. The van der Waals surface area contributed by atoms with E-state index in [1.807, 2.05) is 11.0 Å². The first-order valence-electron chi connectivity index (χ1n) is 8.67. The molecule has 0 radical (unpaired) electrons. The van der Waals surface area contributed by atoms with Gasteiger partial charge in [-0.05, 0) is 31.9 Å². The van der Waals surface area contributed by atoms with E-state index < -0.39 is 11.8 Å². The fourth-order valence-electron chi connectivity index (χ4n) is 3.41. The van der Waals surface area contributed by atoms with Gasteiger partial charge in [0.05, 0.1) is 25.0 Å². The molecular weight excluding hydrogens is 373 g/mol. The summed E-state index contributed by atoms with van der Waals surface area (Å²) in [5, 5.41) is 4.43. The number of pyridine rings is 1. The maximum atomic E-state index is 13.7. The fourth-order valence-corrected chi connectivity index (χ4v) is 3.64. The number of halogens is 2. The van der Waals surface area contributed by atoms with Gasteiger partial charge >= 0.3 is 5.97 Å². The van der Waals surface area contributed by atoms with Crippen LogP contribution in [0.2, 0.25) is 5.15 Å². The first-order valence-corrected chi connectivity index (χ1v) is 9.05. The molecule has 1 aliphatic heterocycles. The maximum absolute atomic E-state index is 13.7. The molecule has 0 N–H and O–H groups in total. The van der Waals surface area contributed by atoms with Crippen LogP contribution in [0.1, 0.15) is 41.7 Å². The van der Waals surface area contributed by atoms with Gasteiger partial charge in [-0.2, -0.15) is 5.10 Å². The van der Waals surface area contributed by atoms with E-state index in [-0.39, 0.29) is 17.8 Å². The molecule has 3 aromatic rings. The van der Waals surface area contributed by atoms with Crippen LogP contribution < -0.4 is 4.90 Å². The van der Waals surface area contributed by atoms with Crippen molar-refractivity contribution >= 4 is 29.0 Å². The lowest BCUT2D eigenvalue weighted by molar-refractivity contribution is 0.0528. The molecule has 4 rings (SSSR count). The lowest BCUT2D eigenvalue weighted by Crippen LogP contribution is -2.24. The zero-order valence-corrected chi connectivity index (χ0v) is 15.4. The third kappa shape index (κ3) is 3.21. The molecule has 0 bridgehead atoms. The van der Waals surface area contributed by atoms with Crippen molar-refractivity contribution < 1.29 is 13.9 Å². The SMILES string of the molecule is CCOC(=O)c1cnn2ccc(N3CCCC3c3cc(F)cnc3Cl)nc12. The molecule has 1 atom stereocenters. The summed E-state index contributed by atoms with van der Waals surface area (Å²) in [4.78, 5) is 22.7. The lowest BCUT2D eigenvalue weighted by Gasteiger charge is -2.26. The van der Waals surface area contributed by atoms with Gasteiger partial charge in [0, 0.05) is 18.3 Å². The molecule has 9 heteroatoms. The smallest absolute Gasteiger partial charge is 0.343 e. The van der Waals surface area contributed by atoms with E-state index in [1.54, 1.807) is 13.1 Å². The number of ether oxygens (including phenoxy) is 1. The average Bonchev–Trinajstić information content (AvgIpc) is 3.30. The summed E-state index contributed by atoms with van der Waals surface area (Å²) in [7, 11) is 0. The van der Waals surface area contributed by atoms with Gasteiger partial charge in [0.1, 0.15) is 22.4 Å². The number of anilines is 1. The van der Waals surface area contributed by atoms with Crippen molar-refractivity contribution in [1.82, 2.24) is 19.6 Å². The van der Waals surface area contributed by atoms with Crippen LogP contribution in [-0.4, -0.2) is 38.7 Å². The molecule has 27 heavy (non-hydrogen) atoms. The summed E-state index contributed by atoms with van der Waals surface area (Å²) in [5.74, 6) is -0.228. The predicted molar refractivity (Wildman–Crippen MR) is 97.5 cm³/mol. The summed E-state index contributed by atoms with van der Waals surface area (Å²) >= 11 is 6.21. The Kier molecular flexibility index (Phi) is 4.65. The monoisotopic (exact) mass is 389 g/mol. The highest BCUT2D eigenvalue weighted by atomic mass is 35.5. The number of carbonyl (C=O) groups excluding carboxylic acids is 1. The van der Waals surface area contributed by atoms with Crippen LogP contribution in [-0.2, 0) is 4.74 Å². The quantitative estimate of drug-likeness (QED) is 0.502. The molecule has 7 nitrogen and oxygen atoms in total. The Morgan fingerprint density at radius 1 is 1.44 bits per heavy atom. The number of aromatic nitrogens is 4.